The average molecular weight is 215 g/mol. The van der Waals surface area contributed by atoms with Gasteiger partial charge in [-0.05, 0) is 37.1 Å². The van der Waals surface area contributed by atoms with Gasteiger partial charge in [-0.2, -0.15) is 0 Å². The Morgan fingerprint density at radius 3 is 3.19 bits per heavy atom. The smallest absolute Gasteiger partial charge is 0.0931 e. The minimum Gasteiger partial charge on any atom is -0.345 e. The summed E-state index contributed by atoms with van der Waals surface area (Å²) in [5.74, 6) is 0. The van der Waals surface area contributed by atoms with Gasteiger partial charge in [-0.15, -0.1) is 0 Å². The van der Waals surface area contributed by atoms with Crippen LogP contribution in [0.2, 0.25) is 0 Å². The molecule has 1 aliphatic heterocycles. The summed E-state index contributed by atoms with van der Waals surface area (Å²) in [5.41, 5.74) is 3.58. The summed E-state index contributed by atoms with van der Waals surface area (Å²) in [4.78, 5) is 7.42. The predicted octanol–water partition coefficient (Wildman–Crippen LogP) is 2.77. The number of benzene rings is 1. The number of fused-ring (bicyclic) bond motifs is 1. The Morgan fingerprint density at radius 1 is 1.19 bits per heavy atom. The van der Waals surface area contributed by atoms with E-state index in [1.807, 2.05) is 0 Å². The van der Waals surface area contributed by atoms with Gasteiger partial charge in [-0.1, -0.05) is 18.9 Å². The van der Waals surface area contributed by atoms with Crippen LogP contribution < -0.4 is 5.32 Å². The molecular weight excluding hydrogens is 198 g/mol. The van der Waals surface area contributed by atoms with Crippen LogP contribution in [-0.2, 0) is 0 Å². The summed E-state index contributed by atoms with van der Waals surface area (Å²) in [6.07, 6.45) is 7.01. The summed E-state index contributed by atoms with van der Waals surface area (Å²) in [7, 11) is 0. The Hall–Kier alpha value is -1.35. The number of rotatable bonds is 1. The summed E-state index contributed by atoms with van der Waals surface area (Å²) in [5, 5.41) is 3.62. The number of aromatic amines is 1. The van der Waals surface area contributed by atoms with Crippen molar-refractivity contribution in [2.45, 2.75) is 31.7 Å². The molecular formula is C13H17N3. The van der Waals surface area contributed by atoms with Crippen LogP contribution in [0.4, 0.5) is 0 Å². The lowest BCUT2D eigenvalue weighted by atomic mass is 10.0. The molecule has 1 unspecified atom stereocenters. The molecule has 0 bridgehead atoms. The zero-order valence-electron chi connectivity index (χ0n) is 9.37. The first-order valence-electron chi connectivity index (χ1n) is 6.10. The normalized spacial score (nSPS) is 22.1. The van der Waals surface area contributed by atoms with E-state index in [2.05, 4.69) is 33.5 Å². The number of nitrogens with one attached hydrogen (secondary N) is 2. The Morgan fingerprint density at radius 2 is 2.19 bits per heavy atom. The second kappa shape index (κ2) is 4.26. The zero-order valence-corrected chi connectivity index (χ0v) is 9.37. The highest BCUT2D eigenvalue weighted by atomic mass is 14.9. The third-order valence-corrected chi connectivity index (χ3v) is 3.41. The Balaban J connectivity index is 1.91. The number of hydrogen-bond donors (Lipinski definition) is 2. The molecule has 3 nitrogen and oxygen atoms in total. The summed E-state index contributed by atoms with van der Waals surface area (Å²) in [6, 6.07) is 7.06. The van der Waals surface area contributed by atoms with Crippen LogP contribution in [0, 0.1) is 0 Å². The van der Waals surface area contributed by atoms with E-state index in [-0.39, 0.29) is 0 Å². The van der Waals surface area contributed by atoms with Crippen molar-refractivity contribution in [1.82, 2.24) is 15.3 Å². The van der Waals surface area contributed by atoms with Crippen molar-refractivity contribution in [2.75, 3.05) is 6.54 Å². The maximum atomic E-state index is 4.25. The molecule has 1 saturated heterocycles. The van der Waals surface area contributed by atoms with Gasteiger partial charge in [0.15, 0.2) is 0 Å². The first-order chi connectivity index (χ1) is 7.93. The second-order valence-corrected chi connectivity index (χ2v) is 4.54. The highest BCUT2D eigenvalue weighted by Gasteiger charge is 2.13. The number of H-pyrrole nitrogens is 1. The zero-order chi connectivity index (χ0) is 10.8. The number of hydrogen-bond acceptors (Lipinski definition) is 2. The van der Waals surface area contributed by atoms with E-state index in [9.17, 15) is 0 Å². The molecule has 0 amide bonds. The number of aromatic nitrogens is 2. The molecule has 1 aromatic heterocycles. The molecule has 16 heavy (non-hydrogen) atoms. The van der Waals surface area contributed by atoms with Gasteiger partial charge in [-0.3, -0.25) is 0 Å². The molecule has 3 rings (SSSR count). The van der Waals surface area contributed by atoms with Crippen LogP contribution in [0.3, 0.4) is 0 Å². The monoisotopic (exact) mass is 215 g/mol. The predicted molar refractivity (Wildman–Crippen MR) is 65.3 cm³/mol. The molecule has 1 atom stereocenters. The number of imidazole rings is 1. The molecule has 3 heteroatoms. The second-order valence-electron chi connectivity index (χ2n) is 4.54. The largest absolute Gasteiger partial charge is 0.345 e. The molecule has 2 aromatic rings. The van der Waals surface area contributed by atoms with Crippen molar-refractivity contribution in [3.05, 3.63) is 30.1 Å². The molecule has 2 N–H and O–H groups in total. The van der Waals surface area contributed by atoms with Gasteiger partial charge < -0.3 is 10.3 Å². The molecule has 0 radical (unpaired) electrons. The third-order valence-electron chi connectivity index (χ3n) is 3.41. The molecule has 1 aliphatic rings. The fourth-order valence-electron chi connectivity index (χ4n) is 2.48. The topological polar surface area (TPSA) is 40.7 Å². The van der Waals surface area contributed by atoms with E-state index < -0.39 is 0 Å². The first-order valence-corrected chi connectivity index (χ1v) is 6.10. The SMILES string of the molecule is c1nc2ccc(C3CCCCCN3)cc2[nH]1. The van der Waals surface area contributed by atoms with Crippen molar-refractivity contribution in [2.24, 2.45) is 0 Å². The Kier molecular flexibility index (Phi) is 2.62. The van der Waals surface area contributed by atoms with Crippen molar-refractivity contribution in [3.63, 3.8) is 0 Å². The van der Waals surface area contributed by atoms with Crippen molar-refractivity contribution in [1.29, 1.82) is 0 Å². The van der Waals surface area contributed by atoms with Crippen molar-refractivity contribution in [3.8, 4) is 0 Å². The first kappa shape index (κ1) is 9.85. The van der Waals surface area contributed by atoms with E-state index in [1.54, 1.807) is 6.33 Å². The van der Waals surface area contributed by atoms with Gasteiger partial charge in [0.1, 0.15) is 0 Å². The maximum absolute atomic E-state index is 4.25. The van der Waals surface area contributed by atoms with Gasteiger partial charge in [0.25, 0.3) is 0 Å². The van der Waals surface area contributed by atoms with E-state index in [0.29, 0.717) is 6.04 Å². The van der Waals surface area contributed by atoms with Crippen LogP contribution in [0.15, 0.2) is 24.5 Å². The van der Waals surface area contributed by atoms with Crippen LogP contribution in [0.1, 0.15) is 37.3 Å². The average Bonchev–Trinajstić information content (AvgIpc) is 2.61. The fraction of sp³-hybridized carbons (Fsp3) is 0.462. The lowest BCUT2D eigenvalue weighted by molar-refractivity contribution is 0.535. The fourth-order valence-corrected chi connectivity index (χ4v) is 2.48. The highest BCUT2D eigenvalue weighted by Crippen LogP contribution is 2.24. The van der Waals surface area contributed by atoms with E-state index >= 15 is 0 Å². The molecule has 0 saturated carbocycles. The van der Waals surface area contributed by atoms with Gasteiger partial charge in [-0.25, -0.2) is 4.98 Å². The summed E-state index contributed by atoms with van der Waals surface area (Å²) in [6.45, 7) is 1.14. The van der Waals surface area contributed by atoms with Crippen LogP contribution in [0.5, 0.6) is 0 Å². The van der Waals surface area contributed by atoms with E-state index in [0.717, 1.165) is 17.6 Å². The van der Waals surface area contributed by atoms with Gasteiger partial charge in [0.05, 0.1) is 17.4 Å². The minimum absolute atomic E-state index is 0.523. The van der Waals surface area contributed by atoms with E-state index in [4.69, 9.17) is 0 Å². The van der Waals surface area contributed by atoms with Gasteiger partial charge in [0, 0.05) is 6.04 Å². The maximum Gasteiger partial charge on any atom is 0.0931 e. The molecule has 2 heterocycles. The van der Waals surface area contributed by atoms with Gasteiger partial charge >= 0.3 is 0 Å². The lowest BCUT2D eigenvalue weighted by Crippen LogP contribution is -2.20. The summed E-state index contributed by atoms with van der Waals surface area (Å²) < 4.78 is 0. The molecule has 84 valence electrons. The van der Waals surface area contributed by atoms with Crippen LogP contribution >= 0.6 is 0 Å². The lowest BCUT2D eigenvalue weighted by Gasteiger charge is -2.15. The standard InChI is InChI=1S/C13H17N3/c1-2-4-11(14-7-3-1)10-5-6-12-13(8-10)16-9-15-12/h5-6,8-9,11,14H,1-4,7H2,(H,15,16). The van der Waals surface area contributed by atoms with E-state index in [1.165, 1.54) is 31.2 Å². The molecule has 1 aromatic carbocycles. The molecule has 0 spiro atoms. The van der Waals surface area contributed by atoms with Crippen LogP contribution in [-0.4, -0.2) is 16.5 Å². The third kappa shape index (κ3) is 1.83. The quantitative estimate of drug-likeness (QED) is 0.768. The highest BCUT2D eigenvalue weighted by molar-refractivity contribution is 5.75. The molecule has 1 fully saturated rings. The van der Waals surface area contributed by atoms with Crippen LogP contribution in [0.25, 0.3) is 11.0 Å². The molecule has 0 aliphatic carbocycles. The minimum atomic E-state index is 0.523. The Labute approximate surface area is 95.3 Å². The van der Waals surface area contributed by atoms with Gasteiger partial charge in [0.2, 0.25) is 0 Å². The number of nitrogens with zero attached hydrogens (tertiary/aromatic N) is 1. The van der Waals surface area contributed by atoms with Crippen molar-refractivity contribution >= 4 is 11.0 Å². The summed E-state index contributed by atoms with van der Waals surface area (Å²) >= 11 is 0. The van der Waals surface area contributed by atoms with Crippen molar-refractivity contribution < 1.29 is 0 Å². The Bertz CT molecular complexity index is 467.